The Morgan fingerprint density at radius 1 is 1.25 bits per heavy atom. The zero-order valence-corrected chi connectivity index (χ0v) is 9.84. The van der Waals surface area contributed by atoms with E-state index in [1.54, 1.807) is 19.2 Å². The highest BCUT2D eigenvalue weighted by molar-refractivity contribution is 7.14. The number of amides is 1. The normalized spacial score (nSPS) is 10.1. The summed E-state index contributed by atoms with van der Waals surface area (Å²) < 4.78 is 0. The highest BCUT2D eigenvalue weighted by atomic mass is 32.1. The maximum atomic E-state index is 11.3. The fourth-order valence-electron chi connectivity index (χ4n) is 1.32. The number of benzene rings is 1. The van der Waals surface area contributed by atoms with Crippen molar-refractivity contribution in [3.8, 4) is 10.6 Å². The fourth-order valence-corrected chi connectivity index (χ4v) is 2.02. The molecular weight excluding hydrogens is 222 g/mol. The Balaban J connectivity index is 2.29. The molecule has 0 aliphatic rings. The van der Waals surface area contributed by atoms with Crippen LogP contribution in [0, 0.1) is 6.92 Å². The molecule has 1 amide bonds. The van der Waals surface area contributed by atoms with Gasteiger partial charge in [0.05, 0.1) is 0 Å². The Kier molecular flexibility index (Phi) is 2.96. The summed E-state index contributed by atoms with van der Waals surface area (Å²) in [5.74, 6) is -0.0833. The van der Waals surface area contributed by atoms with Crippen LogP contribution in [0.15, 0.2) is 24.3 Å². The van der Waals surface area contributed by atoms with Gasteiger partial charge in [-0.1, -0.05) is 23.5 Å². The van der Waals surface area contributed by atoms with Gasteiger partial charge >= 0.3 is 0 Å². The molecule has 0 radical (unpaired) electrons. The molecule has 0 saturated heterocycles. The second kappa shape index (κ2) is 4.40. The second-order valence-corrected chi connectivity index (χ2v) is 4.46. The minimum Gasteiger partial charge on any atom is -0.355 e. The number of aromatic nitrogens is 2. The summed E-state index contributed by atoms with van der Waals surface area (Å²) in [5, 5.41) is 12.4. The quantitative estimate of drug-likeness (QED) is 0.861. The number of carbonyl (C=O) groups excluding carboxylic acids is 1. The maximum absolute atomic E-state index is 11.3. The van der Waals surface area contributed by atoms with Crippen LogP contribution in [0.5, 0.6) is 0 Å². The molecule has 0 bridgehead atoms. The van der Waals surface area contributed by atoms with E-state index in [2.05, 4.69) is 15.5 Å². The van der Waals surface area contributed by atoms with Gasteiger partial charge in [-0.3, -0.25) is 4.79 Å². The van der Waals surface area contributed by atoms with Crippen molar-refractivity contribution >= 4 is 17.2 Å². The number of hydrogen-bond donors (Lipinski definition) is 1. The van der Waals surface area contributed by atoms with E-state index in [4.69, 9.17) is 0 Å². The van der Waals surface area contributed by atoms with Gasteiger partial charge in [-0.25, -0.2) is 0 Å². The van der Waals surface area contributed by atoms with Crippen LogP contribution < -0.4 is 5.32 Å². The molecule has 0 fully saturated rings. The highest BCUT2D eigenvalue weighted by Gasteiger charge is 2.06. The van der Waals surface area contributed by atoms with Gasteiger partial charge in [0.2, 0.25) is 0 Å². The van der Waals surface area contributed by atoms with Crippen LogP contribution in [-0.2, 0) is 0 Å². The molecule has 0 aliphatic carbocycles. The lowest BCUT2D eigenvalue weighted by Crippen LogP contribution is -2.17. The maximum Gasteiger partial charge on any atom is 0.251 e. The third-order valence-corrected chi connectivity index (χ3v) is 3.03. The molecule has 0 atom stereocenters. The van der Waals surface area contributed by atoms with Crippen molar-refractivity contribution in [2.75, 3.05) is 7.05 Å². The Morgan fingerprint density at radius 2 is 1.94 bits per heavy atom. The Bertz CT molecular complexity index is 504. The second-order valence-electron chi connectivity index (χ2n) is 3.28. The largest absolute Gasteiger partial charge is 0.355 e. The monoisotopic (exact) mass is 233 g/mol. The molecule has 82 valence electrons. The first-order chi connectivity index (χ1) is 7.70. The number of hydrogen-bond acceptors (Lipinski definition) is 4. The Morgan fingerprint density at radius 3 is 2.44 bits per heavy atom. The van der Waals surface area contributed by atoms with Crippen LogP contribution in [0.1, 0.15) is 15.4 Å². The van der Waals surface area contributed by atoms with Gasteiger partial charge in [0.25, 0.3) is 5.91 Å². The van der Waals surface area contributed by atoms with Crippen molar-refractivity contribution < 1.29 is 4.79 Å². The summed E-state index contributed by atoms with van der Waals surface area (Å²) in [7, 11) is 1.62. The summed E-state index contributed by atoms with van der Waals surface area (Å²) in [4.78, 5) is 11.3. The predicted molar refractivity (Wildman–Crippen MR) is 63.5 cm³/mol. The minimum atomic E-state index is -0.0833. The first-order valence-electron chi connectivity index (χ1n) is 4.83. The topological polar surface area (TPSA) is 54.9 Å². The molecule has 0 spiro atoms. The van der Waals surface area contributed by atoms with E-state index < -0.39 is 0 Å². The van der Waals surface area contributed by atoms with Crippen LogP contribution in [0.3, 0.4) is 0 Å². The van der Waals surface area contributed by atoms with E-state index in [9.17, 15) is 4.79 Å². The molecule has 4 nitrogen and oxygen atoms in total. The molecule has 1 aromatic heterocycles. The zero-order valence-electron chi connectivity index (χ0n) is 9.02. The molecule has 16 heavy (non-hydrogen) atoms. The number of nitrogens with zero attached hydrogens (tertiary/aromatic N) is 2. The fraction of sp³-hybridized carbons (Fsp3) is 0.182. The molecule has 1 aromatic carbocycles. The van der Waals surface area contributed by atoms with Crippen molar-refractivity contribution in [1.82, 2.24) is 15.5 Å². The first kappa shape index (κ1) is 10.8. The van der Waals surface area contributed by atoms with Crippen molar-refractivity contribution in [3.63, 3.8) is 0 Å². The third-order valence-electron chi connectivity index (χ3n) is 2.15. The Labute approximate surface area is 97.3 Å². The molecule has 5 heteroatoms. The third kappa shape index (κ3) is 2.09. The zero-order chi connectivity index (χ0) is 11.5. The lowest BCUT2D eigenvalue weighted by molar-refractivity contribution is 0.0963. The van der Waals surface area contributed by atoms with E-state index >= 15 is 0 Å². The van der Waals surface area contributed by atoms with Gasteiger partial charge in [-0.05, 0) is 19.1 Å². The lowest BCUT2D eigenvalue weighted by Gasteiger charge is -2.00. The van der Waals surface area contributed by atoms with Gasteiger partial charge < -0.3 is 5.32 Å². The molecule has 0 aliphatic heterocycles. The first-order valence-corrected chi connectivity index (χ1v) is 5.65. The van der Waals surface area contributed by atoms with Crippen molar-refractivity contribution in [3.05, 3.63) is 34.8 Å². The van der Waals surface area contributed by atoms with Crippen LogP contribution in [0.2, 0.25) is 0 Å². The Hall–Kier alpha value is -1.75. The van der Waals surface area contributed by atoms with E-state index in [0.717, 1.165) is 15.6 Å². The van der Waals surface area contributed by atoms with E-state index in [-0.39, 0.29) is 5.91 Å². The smallest absolute Gasteiger partial charge is 0.251 e. The molecule has 0 unspecified atom stereocenters. The van der Waals surface area contributed by atoms with Crippen LogP contribution in [0.4, 0.5) is 0 Å². The van der Waals surface area contributed by atoms with Crippen molar-refractivity contribution in [2.24, 2.45) is 0 Å². The van der Waals surface area contributed by atoms with Crippen LogP contribution in [0.25, 0.3) is 10.6 Å². The van der Waals surface area contributed by atoms with Gasteiger partial charge in [-0.15, -0.1) is 10.2 Å². The number of rotatable bonds is 2. The summed E-state index contributed by atoms with van der Waals surface area (Å²) in [6.45, 7) is 1.92. The van der Waals surface area contributed by atoms with E-state index in [1.807, 2.05) is 19.1 Å². The molecular formula is C11H11N3OS. The molecule has 2 rings (SSSR count). The number of aryl methyl sites for hydroxylation is 1. The minimum absolute atomic E-state index is 0.0833. The average Bonchev–Trinajstić information content (AvgIpc) is 2.75. The van der Waals surface area contributed by atoms with Crippen LogP contribution in [-0.4, -0.2) is 23.2 Å². The van der Waals surface area contributed by atoms with Crippen molar-refractivity contribution in [2.45, 2.75) is 6.92 Å². The highest BCUT2D eigenvalue weighted by Crippen LogP contribution is 2.23. The summed E-state index contributed by atoms with van der Waals surface area (Å²) in [5.41, 5.74) is 1.63. The number of nitrogens with one attached hydrogen (secondary N) is 1. The molecule has 0 saturated carbocycles. The summed E-state index contributed by atoms with van der Waals surface area (Å²) in [6.07, 6.45) is 0. The van der Waals surface area contributed by atoms with Crippen LogP contribution >= 0.6 is 11.3 Å². The van der Waals surface area contributed by atoms with Gasteiger partial charge in [0.15, 0.2) is 0 Å². The summed E-state index contributed by atoms with van der Waals surface area (Å²) in [6, 6.07) is 7.32. The number of carbonyl (C=O) groups is 1. The van der Waals surface area contributed by atoms with Gasteiger partial charge in [0.1, 0.15) is 10.0 Å². The average molecular weight is 233 g/mol. The molecule has 1 N–H and O–H groups in total. The standard InChI is InChI=1S/C11H11N3OS/c1-7-13-14-11(16-7)9-5-3-8(4-6-9)10(15)12-2/h3-6H,1-2H3,(H,12,15). The molecule has 2 aromatic rings. The van der Waals surface area contributed by atoms with E-state index in [1.165, 1.54) is 11.3 Å². The van der Waals surface area contributed by atoms with Gasteiger partial charge in [0, 0.05) is 18.2 Å². The summed E-state index contributed by atoms with van der Waals surface area (Å²) >= 11 is 1.54. The predicted octanol–water partition coefficient (Wildman–Crippen LogP) is 1.87. The lowest BCUT2D eigenvalue weighted by atomic mass is 10.1. The van der Waals surface area contributed by atoms with Crippen molar-refractivity contribution in [1.29, 1.82) is 0 Å². The SMILES string of the molecule is CNC(=O)c1ccc(-c2nnc(C)s2)cc1. The molecule has 1 heterocycles. The van der Waals surface area contributed by atoms with Gasteiger partial charge in [-0.2, -0.15) is 0 Å². The van der Waals surface area contributed by atoms with E-state index in [0.29, 0.717) is 5.56 Å².